The Kier molecular flexibility index (Phi) is 2.43. The van der Waals surface area contributed by atoms with Crippen LogP contribution in [0.3, 0.4) is 0 Å². The van der Waals surface area contributed by atoms with Crippen molar-refractivity contribution in [3.8, 4) is 11.1 Å². The Bertz CT molecular complexity index is 829. The van der Waals surface area contributed by atoms with E-state index in [9.17, 15) is 0 Å². The molecule has 0 amide bonds. The molecule has 0 radical (unpaired) electrons. The summed E-state index contributed by atoms with van der Waals surface area (Å²) in [6, 6.07) is 11.1. The van der Waals surface area contributed by atoms with Crippen LogP contribution in [-0.2, 0) is 5.41 Å². The minimum Gasteiger partial charge on any atom is -0.373 e. The summed E-state index contributed by atoms with van der Waals surface area (Å²) >= 11 is 0. The molecule has 21 heavy (non-hydrogen) atoms. The van der Waals surface area contributed by atoms with Crippen molar-refractivity contribution < 1.29 is 0 Å². The second-order valence-electron chi connectivity index (χ2n) is 6.58. The number of hydrogen-bond donors (Lipinski definition) is 0. The molecule has 0 atom stereocenters. The summed E-state index contributed by atoms with van der Waals surface area (Å²) in [7, 11) is 2.18. The molecule has 0 spiro atoms. The van der Waals surface area contributed by atoms with Gasteiger partial charge in [0.05, 0.1) is 0 Å². The van der Waals surface area contributed by atoms with E-state index in [0.29, 0.717) is 0 Å². The molecule has 0 bridgehead atoms. The van der Waals surface area contributed by atoms with Gasteiger partial charge >= 0.3 is 0 Å². The second-order valence-corrected chi connectivity index (χ2v) is 6.58. The topological polar surface area (TPSA) is 20.5 Å². The Morgan fingerprint density at radius 2 is 1.86 bits per heavy atom. The van der Waals surface area contributed by atoms with Crippen LogP contribution >= 0.6 is 0 Å². The lowest BCUT2D eigenvalue weighted by molar-refractivity contribution is 0.563. The van der Waals surface area contributed by atoms with Crippen LogP contribution in [0.2, 0.25) is 0 Å². The van der Waals surface area contributed by atoms with Crippen LogP contribution in [0, 0.1) is 0 Å². The highest BCUT2D eigenvalue weighted by molar-refractivity contribution is 5.75. The number of benzene rings is 1. The number of aromatic nitrogens is 2. The van der Waals surface area contributed by atoms with Gasteiger partial charge in [-0.2, -0.15) is 0 Å². The van der Waals surface area contributed by atoms with E-state index in [0.717, 1.165) is 12.2 Å². The molecule has 0 saturated carbocycles. The summed E-state index contributed by atoms with van der Waals surface area (Å²) in [5.74, 6) is 0. The predicted octanol–water partition coefficient (Wildman–Crippen LogP) is 3.73. The molecule has 0 fully saturated rings. The number of likely N-dealkylation sites (N-methyl/N-ethyl adjacent to an activating group) is 1. The number of anilines is 1. The van der Waals surface area contributed by atoms with Crippen LogP contribution in [0.25, 0.3) is 16.8 Å². The molecule has 3 heterocycles. The number of nitrogens with zero attached hydrogens (tertiary/aromatic N) is 3. The van der Waals surface area contributed by atoms with Gasteiger partial charge in [0.15, 0.2) is 0 Å². The normalized spacial score (nSPS) is 16.4. The van der Waals surface area contributed by atoms with Gasteiger partial charge in [-0.3, -0.25) is 0 Å². The smallest absolute Gasteiger partial charge is 0.137 e. The number of rotatable bonds is 1. The van der Waals surface area contributed by atoms with Crippen molar-refractivity contribution in [1.29, 1.82) is 0 Å². The van der Waals surface area contributed by atoms with Gasteiger partial charge in [-0.05, 0) is 34.9 Å². The lowest BCUT2D eigenvalue weighted by Gasteiger charge is -2.18. The van der Waals surface area contributed by atoms with Gasteiger partial charge in [-0.1, -0.05) is 26.0 Å². The first-order valence-corrected chi connectivity index (χ1v) is 7.33. The summed E-state index contributed by atoms with van der Waals surface area (Å²) < 4.78 is 2.03. The van der Waals surface area contributed by atoms with Gasteiger partial charge in [-0.15, -0.1) is 0 Å². The van der Waals surface area contributed by atoms with Gasteiger partial charge in [-0.25, -0.2) is 4.98 Å². The zero-order chi connectivity index (χ0) is 14.6. The van der Waals surface area contributed by atoms with E-state index in [4.69, 9.17) is 0 Å². The van der Waals surface area contributed by atoms with Gasteiger partial charge < -0.3 is 9.30 Å². The van der Waals surface area contributed by atoms with Crippen LogP contribution in [0.1, 0.15) is 19.4 Å². The zero-order valence-corrected chi connectivity index (χ0v) is 12.7. The van der Waals surface area contributed by atoms with Crippen LogP contribution in [0.15, 0.2) is 48.9 Å². The Morgan fingerprint density at radius 3 is 2.71 bits per heavy atom. The average molecular weight is 277 g/mol. The summed E-state index contributed by atoms with van der Waals surface area (Å²) in [5, 5.41) is 0. The first-order chi connectivity index (χ1) is 10.0. The van der Waals surface area contributed by atoms with Crippen LogP contribution in [0.4, 0.5) is 5.69 Å². The molecule has 2 aromatic heterocycles. The fourth-order valence-electron chi connectivity index (χ4n) is 3.45. The van der Waals surface area contributed by atoms with Crippen molar-refractivity contribution in [2.75, 3.05) is 18.5 Å². The third kappa shape index (κ3) is 1.84. The summed E-state index contributed by atoms with van der Waals surface area (Å²) in [5.41, 5.74) is 6.48. The molecule has 3 heteroatoms. The molecule has 0 N–H and O–H groups in total. The van der Waals surface area contributed by atoms with Crippen molar-refractivity contribution in [1.82, 2.24) is 9.38 Å². The largest absolute Gasteiger partial charge is 0.373 e. The lowest BCUT2D eigenvalue weighted by atomic mass is 9.86. The van der Waals surface area contributed by atoms with E-state index in [1.165, 1.54) is 22.4 Å². The van der Waals surface area contributed by atoms with Crippen molar-refractivity contribution in [3.05, 3.63) is 54.5 Å². The Morgan fingerprint density at radius 1 is 1.05 bits per heavy atom. The molecule has 3 aromatic rings. The minimum absolute atomic E-state index is 0.232. The quantitative estimate of drug-likeness (QED) is 0.675. The highest BCUT2D eigenvalue weighted by Crippen LogP contribution is 2.41. The van der Waals surface area contributed by atoms with Crippen molar-refractivity contribution in [3.63, 3.8) is 0 Å². The first kappa shape index (κ1) is 12.5. The maximum atomic E-state index is 4.37. The number of imidazole rings is 1. The fraction of sp³-hybridized carbons (Fsp3) is 0.278. The lowest BCUT2D eigenvalue weighted by Crippen LogP contribution is -2.24. The fourth-order valence-corrected chi connectivity index (χ4v) is 3.45. The van der Waals surface area contributed by atoms with Gasteiger partial charge in [0.25, 0.3) is 0 Å². The predicted molar refractivity (Wildman–Crippen MR) is 86.9 cm³/mol. The zero-order valence-electron chi connectivity index (χ0n) is 12.7. The highest BCUT2D eigenvalue weighted by atomic mass is 15.1. The molecule has 1 aromatic carbocycles. The molecular formula is C18H19N3. The van der Waals surface area contributed by atoms with E-state index in [1.54, 1.807) is 0 Å². The van der Waals surface area contributed by atoms with Crippen molar-refractivity contribution in [2.24, 2.45) is 0 Å². The molecule has 1 aliphatic rings. The molecular weight excluding hydrogens is 258 g/mol. The van der Waals surface area contributed by atoms with Crippen molar-refractivity contribution in [2.45, 2.75) is 19.3 Å². The molecule has 0 unspecified atom stereocenters. The first-order valence-electron chi connectivity index (χ1n) is 7.33. The standard InChI is InChI=1S/C18H19N3/c1-18(2)12-20(3)16-10-13(4-5-15(16)18)14-6-8-21-9-7-19-17(21)11-14/h4-11H,12H2,1-3H3. The van der Waals surface area contributed by atoms with Gasteiger partial charge in [0.1, 0.15) is 5.65 Å². The van der Waals surface area contributed by atoms with E-state index >= 15 is 0 Å². The molecule has 3 nitrogen and oxygen atoms in total. The van der Waals surface area contributed by atoms with E-state index in [2.05, 4.69) is 67.3 Å². The van der Waals surface area contributed by atoms with Crippen molar-refractivity contribution >= 4 is 11.3 Å². The number of hydrogen-bond acceptors (Lipinski definition) is 2. The Balaban J connectivity index is 1.85. The molecule has 0 aliphatic carbocycles. The van der Waals surface area contributed by atoms with Crippen LogP contribution in [-0.4, -0.2) is 23.0 Å². The summed E-state index contributed by atoms with van der Waals surface area (Å²) in [6.07, 6.45) is 5.87. The molecule has 106 valence electrons. The van der Waals surface area contributed by atoms with Gasteiger partial charge in [0, 0.05) is 43.3 Å². The molecule has 0 saturated heterocycles. The second kappa shape index (κ2) is 4.10. The Hall–Kier alpha value is -2.29. The summed E-state index contributed by atoms with van der Waals surface area (Å²) in [4.78, 5) is 6.72. The molecule has 1 aliphatic heterocycles. The third-order valence-corrected chi connectivity index (χ3v) is 4.50. The maximum absolute atomic E-state index is 4.37. The van der Waals surface area contributed by atoms with E-state index in [1.807, 2.05) is 16.8 Å². The maximum Gasteiger partial charge on any atom is 0.137 e. The molecule has 4 rings (SSSR count). The average Bonchev–Trinajstić information content (AvgIpc) is 3.01. The van der Waals surface area contributed by atoms with E-state index < -0.39 is 0 Å². The Labute approximate surface area is 124 Å². The van der Waals surface area contributed by atoms with Crippen LogP contribution < -0.4 is 4.90 Å². The monoisotopic (exact) mass is 277 g/mol. The number of pyridine rings is 1. The summed E-state index contributed by atoms with van der Waals surface area (Å²) in [6.45, 7) is 5.70. The van der Waals surface area contributed by atoms with Crippen LogP contribution in [0.5, 0.6) is 0 Å². The minimum atomic E-state index is 0.232. The number of fused-ring (bicyclic) bond motifs is 2. The third-order valence-electron chi connectivity index (χ3n) is 4.50. The highest BCUT2D eigenvalue weighted by Gasteiger charge is 2.33. The SMILES string of the molecule is CN1CC(C)(C)c2ccc(-c3ccn4ccnc4c3)cc21. The van der Waals surface area contributed by atoms with Gasteiger partial charge in [0.2, 0.25) is 0 Å². The van der Waals surface area contributed by atoms with E-state index in [-0.39, 0.29) is 5.41 Å².